The molecule has 0 saturated carbocycles. The Bertz CT molecular complexity index is 938. The quantitative estimate of drug-likeness (QED) is 0.434. The number of ether oxygens (including phenoxy) is 4. The van der Waals surface area contributed by atoms with Crippen molar-refractivity contribution in [1.29, 1.82) is 0 Å². The summed E-state index contributed by atoms with van der Waals surface area (Å²) in [4.78, 5) is 0. The van der Waals surface area contributed by atoms with Gasteiger partial charge in [0.05, 0.1) is 19.8 Å². The van der Waals surface area contributed by atoms with Crippen LogP contribution >= 0.6 is 0 Å². The Balaban J connectivity index is 1.38. The van der Waals surface area contributed by atoms with Crippen molar-refractivity contribution < 1.29 is 18.9 Å². The van der Waals surface area contributed by atoms with Crippen LogP contribution in [0.1, 0.15) is 16.7 Å². The van der Waals surface area contributed by atoms with Crippen LogP contribution in [-0.4, -0.2) is 25.1 Å². The van der Waals surface area contributed by atoms with Crippen LogP contribution < -0.4 is 4.74 Å². The molecule has 31 heavy (non-hydrogen) atoms. The predicted octanol–water partition coefficient (Wildman–Crippen LogP) is 5.46. The molecule has 4 heteroatoms. The van der Waals surface area contributed by atoms with Crippen molar-refractivity contribution in [2.24, 2.45) is 0 Å². The Morgan fingerprint density at radius 1 is 0.742 bits per heavy atom. The van der Waals surface area contributed by atoms with E-state index in [2.05, 4.69) is 19.1 Å². The number of aryl methyl sites for hydroxylation is 1. The molecule has 0 aromatic heterocycles. The lowest BCUT2D eigenvalue weighted by molar-refractivity contribution is -0.165. The molecule has 0 amide bonds. The Kier molecular flexibility index (Phi) is 7.51. The molecule has 160 valence electrons. The number of benzene rings is 3. The summed E-state index contributed by atoms with van der Waals surface area (Å²) < 4.78 is 24.3. The van der Waals surface area contributed by atoms with Crippen molar-refractivity contribution in [1.82, 2.24) is 0 Å². The van der Waals surface area contributed by atoms with Gasteiger partial charge in [0.1, 0.15) is 18.0 Å². The van der Waals surface area contributed by atoms with Gasteiger partial charge in [-0.3, -0.25) is 0 Å². The standard InChI is InChI=1S/C27H28O4/c1-21-12-14-24(15-13-21)30-27-17-16-25(29-19-23-10-6-3-7-11-23)26(31-27)20-28-18-22-8-4-2-5-9-22/h2-17,25-27H,18-20H2,1H3/t25-,26-,27-/m1/s1. The summed E-state index contributed by atoms with van der Waals surface area (Å²) in [6.45, 7) is 3.50. The average Bonchev–Trinajstić information content (AvgIpc) is 2.81. The molecule has 0 bridgehead atoms. The van der Waals surface area contributed by atoms with E-state index >= 15 is 0 Å². The molecule has 1 heterocycles. The van der Waals surface area contributed by atoms with E-state index < -0.39 is 6.29 Å². The summed E-state index contributed by atoms with van der Waals surface area (Å²) in [7, 11) is 0. The minimum atomic E-state index is -0.482. The highest BCUT2D eigenvalue weighted by atomic mass is 16.7. The van der Waals surface area contributed by atoms with E-state index in [-0.39, 0.29) is 12.2 Å². The van der Waals surface area contributed by atoms with Crippen molar-refractivity contribution in [3.8, 4) is 5.75 Å². The second kappa shape index (κ2) is 10.9. The summed E-state index contributed by atoms with van der Waals surface area (Å²) in [5.74, 6) is 0.771. The maximum atomic E-state index is 6.20. The summed E-state index contributed by atoms with van der Waals surface area (Å²) in [5.41, 5.74) is 3.44. The summed E-state index contributed by atoms with van der Waals surface area (Å²) >= 11 is 0. The first-order chi connectivity index (χ1) is 15.3. The molecule has 0 spiro atoms. The molecule has 0 radical (unpaired) electrons. The molecule has 3 atom stereocenters. The maximum Gasteiger partial charge on any atom is 0.220 e. The fourth-order valence-corrected chi connectivity index (χ4v) is 3.37. The molecule has 4 nitrogen and oxygen atoms in total. The van der Waals surface area contributed by atoms with Gasteiger partial charge in [-0.25, -0.2) is 0 Å². The molecular formula is C27H28O4. The van der Waals surface area contributed by atoms with Crippen LogP contribution in [0.2, 0.25) is 0 Å². The van der Waals surface area contributed by atoms with Gasteiger partial charge in [-0.1, -0.05) is 84.4 Å². The first-order valence-corrected chi connectivity index (χ1v) is 10.6. The number of rotatable bonds is 9. The Morgan fingerprint density at radius 2 is 1.39 bits per heavy atom. The van der Waals surface area contributed by atoms with Crippen molar-refractivity contribution in [2.45, 2.75) is 38.6 Å². The highest BCUT2D eigenvalue weighted by Gasteiger charge is 2.29. The predicted molar refractivity (Wildman–Crippen MR) is 121 cm³/mol. The van der Waals surface area contributed by atoms with E-state index in [1.165, 1.54) is 5.56 Å². The van der Waals surface area contributed by atoms with Crippen molar-refractivity contribution in [3.05, 3.63) is 114 Å². The zero-order chi connectivity index (χ0) is 21.3. The Morgan fingerprint density at radius 3 is 2.06 bits per heavy atom. The average molecular weight is 417 g/mol. The third-order valence-corrected chi connectivity index (χ3v) is 5.09. The third kappa shape index (κ3) is 6.53. The van der Waals surface area contributed by atoms with Gasteiger partial charge in [0.25, 0.3) is 0 Å². The van der Waals surface area contributed by atoms with Crippen LogP contribution in [0.25, 0.3) is 0 Å². The van der Waals surface area contributed by atoms with Crippen LogP contribution in [-0.2, 0) is 27.4 Å². The van der Waals surface area contributed by atoms with Gasteiger partial charge in [-0.05, 0) is 36.3 Å². The summed E-state index contributed by atoms with van der Waals surface area (Å²) in [6, 6.07) is 28.2. The van der Waals surface area contributed by atoms with Gasteiger partial charge in [0.2, 0.25) is 6.29 Å². The molecule has 0 aliphatic carbocycles. The van der Waals surface area contributed by atoms with E-state index in [1.807, 2.05) is 84.9 Å². The topological polar surface area (TPSA) is 36.9 Å². The summed E-state index contributed by atoms with van der Waals surface area (Å²) in [6.07, 6.45) is 2.96. The van der Waals surface area contributed by atoms with Gasteiger partial charge < -0.3 is 18.9 Å². The Labute approximate surface area is 184 Å². The molecule has 3 aromatic carbocycles. The van der Waals surface area contributed by atoms with Gasteiger partial charge >= 0.3 is 0 Å². The van der Waals surface area contributed by atoms with Gasteiger partial charge in [-0.15, -0.1) is 0 Å². The highest BCUT2D eigenvalue weighted by Crippen LogP contribution is 2.22. The lowest BCUT2D eigenvalue weighted by atomic mass is 10.1. The summed E-state index contributed by atoms with van der Waals surface area (Å²) in [5, 5.41) is 0. The minimum absolute atomic E-state index is 0.214. The third-order valence-electron chi connectivity index (χ3n) is 5.09. The first-order valence-electron chi connectivity index (χ1n) is 10.6. The van der Waals surface area contributed by atoms with Gasteiger partial charge in [0, 0.05) is 0 Å². The maximum absolute atomic E-state index is 6.20. The van der Waals surface area contributed by atoms with Crippen LogP contribution in [0.3, 0.4) is 0 Å². The molecule has 4 rings (SSSR count). The second-order valence-electron chi connectivity index (χ2n) is 7.62. The molecule has 0 saturated heterocycles. The lowest BCUT2D eigenvalue weighted by Gasteiger charge is -2.32. The van der Waals surface area contributed by atoms with Crippen LogP contribution in [0.15, 0.2) is 97.1 Å². The molecule has 3 aromatic rings. The Hall–Kier alpha value is -2.92. The number of hydrogen-bond acceptors (Lipinski definition) is 4. The minimum Gasteiger partial charge on any atom is -0.461 e. The monoisotopic (exact) mass is 416 g/mol. The zero-order valence-electron chi connectivity index (χ0n) is 17.7. The lowest BCUT2D eigenvalue weighted by Crippen LogP contribution is -2.42. The van der Waals surface area contributed by atoms with Crippen LogP contribution in [0.4, 0.5) is 0 Å². The second-order valence-corrected chi connectivity index (χ2v) is 7.62. The smallest absolute Gasteiger partial charge is 0.220 e. The molecule has 1 aliphatic rings. The first kappa shape index (κ1) is 21.3. The van der Waals surface area contributed by atoms with Gasteiger partial charge in [-0.2, -0.15) is 0 Å². The van der Waals surface area contributed by atoms with E-state index in [4.69, 9.17) is 18.9 Å². The van der Waals surface area contributed by atoms with E-state index in [0.29, 0.717) is 19.8 Å². The molecular weight excluding hydrogens is 388 g/mol. The van der Waals surface area contributed by atoms with E-state index in [0.717, 1.165) is 16.9 Å². The fraction of sp³-hybridized carbons (Fsp3) is 0.259. The zero-order valence-corrected chi connectivity index (χ0v) is 17.7. The van der Waals surface area contributed by atoms with Crippen molar-refractivity contribution >= 4 is 0 Å². The normalized spacial score (nSPS) is 20.5. The largest absolute Gasteiger partial charge is 0.461 e. The van der Waals surface area contributed by atoms with E-state index in [9.17, 15) is 0 Å². The molecule has 0 fully saturated rings. The molecule has 1 aliphatic heterocycles. The van der Waals surface area contributed by atoms with E-state index in [1.54, 1.807) is 0 Å². The molecule has 0 N–H and O–H groups in total. The van der Waals surface area contributed by atoms with Gasteiger partial charge in [0.15, 0.2) is 0 Å². The number of hydrogen-bond donors (Lipinski definition) is 0. The highest BCUT2D eigenvalue weighted by molar-refractivity contribution is 5.27. The molecule has 0 unspecified atom stereocenters. The van der Waals surface area contributed by atoms with Crippen molar-refractivity contribution in [2.75, 3.05) is 6.61 Å². The van der Waals surface area contributed by atoms with Crippen LogP contribution in [0, 0.1) is 6.92 Å². The SMILES string of the molecule is Cc1ccc(O[C@H]2C=C[C@@H](OCc3ccccc3)[C@@H](COCc3ccccc3)O2)cc1. The van der Waals surface area contributed by atoms with Crippen molar-refractivity contribution in [3.63, 3.8) is 0 Å². The van der Waals surface area contributed by atoms with Crippen LogP contribution in [0.5, 0.6) is 5.75 Å². The fourth-order valence-electron chi connectivity index (χ4n) is 3.37.